The molecule has 0 bridgehead atoms. The van der Waals surface area contributed by atoms with Gasteiger partial charge in [-0.05, 0) is 19.1 Å². The van der Waals surface area contributed by atoms with Crippen molar-refractivity contribution in [2.24, 2.45) is 0 Å². The summed E-state index contributed by atoms with van der Waals surface area (Å²) in [5.41, 5.74) is 1.69. The van der Waals surface area contributed by atoms with E-state index in [1.54, 1.807) is 27.9 Å². The molecule has 3 heterocycles. The SMILES string of the molecule is C[C@H](c1nc2c3ccccc3ncn2n1)n1cc(Cl)cn1. The normalized spacial score (nSPS) is 13.0. The van der Waals surface area contributed by atoms with Gasteiger partial charge in [0.25, 0.3) is 0 Å². The summed E-state index contributed by atoms with van der Waals surface area (Å²) in [4.78, 5) is 9.01. The summed E-state index contributed by atoms with van der Waals surface area (Å²) in [6.07, 6.45) is 5.04. The van der Waals surface area contributed by atoms with Gasteiger partial charge in [-0.1, -0.05) is 23.7 Å². The summed E-state index contributed by atoms with van der Waals surface area (Å²) >= 11 is 5.91. The van der Waals surface area contributed by atoms with Crippen LogP contribution in [0.5, 0.6) is 0 Å². The Labute approximate surface area is 125 Å². The van der Waals surface area contributed by atoms with E-state index >= 15 is 0 Å². The Hall–Kier alpha value is -2.47. The number of benzene rings is 1. The van der Waals surface area contributed by atoms with Crippen molar-refractivity contribution in [1.82, 2.24) is 29.4 Å². The number of nitrogens with zero attached hydrogens (tertiary/aromatic N) is 6. The molecule has 7 heteroatoms. The lowest BCUT2D eigenvalue weighted by atomic mass is 10.2. The molecule has 104 valence electrons. The molecule has 1 aromatic carbocycles. The lowest BCUT2D eigenvalue weighted by Crippen LogP contribution is -2.09. The summed E-state index contributed by atoms with van der Waals surface area (Å²) in [6, 6.07) is 7.77. The van der Waals surface area contributed by atoms with Crippen LogP contribution in [-0.2, 0) is 0 Å². The van der Waals surface area contributed by atoms with Crippen LogP contribution in [0.3, 0.4) is 0 Å². The lowest BCUT2D eigenvalue weighted by Gasteiger charge is -2.06. The highest BCUT2D eigenvalue weighted by molar-refractivity contribution is 6.30. The Bertz CT molecular complexity index is 941. The summed E-state index contributed by atoms with van der Waals surface area (Å²) in [5.74, 6) is 0.674. The first-order chi connectivity index (χ1) is 10.2. The largest absolute Gasteiger partial charge is 0.261 e. The molecule has 0 radical (unpaired) electrons. The maximum Gasteiger partial charge on any atom is 0.176 e. The minimum Gasteiger partial charge on any atom is -0.261 e. The maximum atomic E-state index is 5.91. The summed E-state index contributed by atoms with van der Waals surface area (Å²) < 4.78 is 3.44. The third-order valence-corrected chi connectivity index (χ3v) is 3.63. The Morgan fingerprint density at radius 3 is 2.90 bits per heavy atom. The first-order valence-electron chi connectivity index (χ1n) is 6.52. The average molecular weight is 299 g/mol. The standard InChI is InChI=1S/C14H11ClN6/c1-9(20-7-10(15)6-17-20)13-18-14-11-4-2-3-5-12(11)16-8-21(14)19-13/h2-9H,1H3/t9-/m1/s1. The molecule has 4 rings (SSSR count). The monoisotopic (exact) mass is 298 g/mol. The Balaban J connectivity index is 1.88. The van der Waals surface area contributed by atoms with Gasteiger partial charge in [-0.25, -0.2) is 14.5 Å². The van der Waals surface area contributed by atoms with Crippen LogP contribution < -0.4 is 0 Å². The summed E-state index contributed by atoms with van der Waals surface area (Å²) in [6.45, 7) is 1.98. The van der Waals surface area contributed by atoms with Crippen molar-refractivity contribution in [2.45, 2.75) is 13.0 Å². The van der Waals surface area contributed by atoms with Gasteiger partial charge in [0.05, 0.1) is 16.7 Å². The van der Waals surface area contributed by atoms with E-state index in [1.807, 2.05) is 31.2 Å². The predicted molar refractivity (Wildman–Crippen MR) is 79.3 cm³/mol. The smallest absolute Gasteiger partial charge is 0.176 e. The third kappa shape index (κ3) is 1.95. The minimum atomic E-state index is -0.101. The fourth-order valence-electron chi connectivity index (χ4n) is 2.32. The van der Waals surface area contributed by atoms with E-state index in [0.29, 0.717) is 10.8 Å². The molecule has 0 unspecified atom stereocenters. The van der Waals surface area contributed by atoms with Crippen LogP contribution in [0.1, 0.15) is 18.8 Å². The summed E-state index contributed by atoms with van der Waals surface area (Å²) in [5, 5.41) is 10.3. The molecule has 0 aliphatic carbocycles. The van der Waals surface area contributed by atoms with Crippen LogP contribution in [0, 0.1) is 0 Å². The number of aromatic nitrogens is 6. The second-order valence-corrected chi connectivity index (χ2v) is 5.25. The van der Waals surface area contributed by atoms with Crippen molar-refractivity contribution in [2.75, 3.05) is 0 Å². The van der Waals surface area contributed by atoms with Gasteiger partial charge in [0.1, 0.15) is 12.4 Å². The maximum absolute atomic E-state index is 5.91. The minimum absolute atomic E-state index is 0.101. The molecule has 3 aromatic heterocycles. The van der Waals surface area contributed by atoms with Crippen LogP contribution in [0.4, 0.5) is 0 Å². The molecule has 21 heavy (non-hydrogen) atoms. The quantitative estimate of drug-likeness (QED) is 0.571. The zero-order valence-electron chi connectivity index (χ0n) is 11.2. The van der Waals surface area contributed by atoms with Crippen molar-refractivity contribution in [1.29, 1.82) is 0 Å². The van der Waals surface area contributed by atoms with Gasteiger partial charge in [-0.15, -0.1) is 5.10 Å². The van der Waals surface area contributed by atoms with E-state index in [1.165, 1.54) is 0 Å². The molecule has 0 N–H and O–H groups in total. The van der Waals surface area contributed by atoms with E-state index in [0.717, 1.165) is 16.6 Å². The number of rotatable bonds is 2. The third-order valence-electron chi connectivity index (χ3n) is 3.44. The number of hydrogen-bond acceptors (Lipinski definition) is 4. The van der Waals surface area contributed by atoms with E-state index < -0.39 is 0 Å². The zero-order chi connectivity index (χ0) is 14.4. The second kappa shape index (κ2) is 4.53. The first kappa shape index (κ1) is 12.3. The van der Waals surface area contributed by atoms with E-state index in [4.69, 9.17) is 11.6 Å². The van der Waals surface area contributed by atoms with Gasteiger partial charge in [0, 0.05) is 11.6 Å². The molecule has 0 fully saturated rings. The Morgan fingerprint density at radius 2 is 2.10 bits per heavy atom. The highest BCUT2D eigenvalue weighted by Gasteiger charge is 2.16. The van der Waals surface area contributed by atoms with Crippen molar-refractivity contribution in [3.63, 3.8) is 0 Å². The average Bonchev–Trinajstić information content (AvgIpc) is 3.12. The fraction of sp³-hybridized carbons (Fsp3) is 0.143. The molecule has 0 aliphatic heterocycles. The molecular weight excluding hydrogens is 288 g/mol. The molecular formula is C14H11ClN6. The number of para-hydroxylation sites is 1. The Morgan fingerprint density at radius 1 is 1.24 bits per heavy atom. The molecule has 0 spiro atoms. The molecule has 0 amide bonds. The van der Waals surface area contributed by atoms with Crippen LogP contribution in [0.15, 0.2) is 43.0 Å². The van der Waals surface area contributed by atoms with Crippen LogP contribution in [0.25, 0.3) is 16.6 Å². The molecule has 0 saturated carbocycles. The van der Waals surface area contributed by atoms with Gasteiger partial charge < -0.3 is 0 Å². The first-order valence-corrected chi connectivity index (χ1v) is 6.90. The fourth-order valence-corrected chi connectivity index (χ4v) is 2.46. The second-order valence-electron chi connectivity index (χ2n) is 4.81. The summed E-state index contributed by atoms with van der Waals surface area (Å²) in [7, 11) is 0. The van der Waals surface area contributed by atoms with Crippen molar-refractivity contribution >= 4 is 28.2 Å². The Kier molecular flexibility index (Phi) is 2.65. The van der Waals surface area contributed by atoms with Crippen molar-refractivity contribution < 1.29 is 0 Å². The van der Waals surface area contributed by atoms with Gasteiger partial charge in [-0.2, -0.15) is 5.10 Å². The number of halogens is 1. The van der Waals surface area contributed by atoms with Gasteiger partial charge in [-0.3, -0.25) is 4.68 Å². The van der Waals surface area contributed by atoms with E-state index in [9.17, 15) is 0 Å². The molecule has 0 aliphatic rings. The molecule has 1 atom stereocenters. The topological polar surface area (TPSA) is 60.9 Å². The van der Waals surface area contributed by atoms with E-state index in [2.05, 4.69) is 20.2 Å². The van der Waals surface area contributed by atoms with Gasteiger partial charge in [0.2, 0.25) is 0 Å². The zero-order valence-corrected chi connectivity index (χ0v) is 11.9. The van der Waals surface area contributed by atoms with Gasteiger partial charge in [0.15, 0.2) is 11.5 Å². The van der Waals surface area contributed by atoms with Crippen molar-refractivity contribution in [3.8, 4) is 0 Å². The molecule has 0 saturated heterocycles. The van der Waals surface area contributed by atoms with Crippen LogP contribution in [-0.4, -0.2) is 29.4 Å². The molecule has 6 nitrogen and oxygen atoms in total. The van der Waals surface area contributed by atoms with E-state index in [-0.39, 0.29) is 6.04 Å². The number of hydrogen-bond donors (Lipinski definition) is 0. The van der Waals surface area contributed by atoms with Gasteiger partial charge >= 0.3 is 0 Å². The van der Waals surface area contributed by atoms with Crippen molar-refractivity contribution in [3.05, 3.63) is 53.8 Å². The van der Waals surface area contributed by atoms with Crippen LogP contribution in [0.2, 0.25) is 5.02 Å². The number of fused-ring (bicyclic) bond motifs is 3. The van der Waals surface area contributed by atoms with Crippen LogP contribution >= 0.6 is 11.6 Å². The highest BCUT2D eigenvalue weighted by Crippen LogP contribution is 2.20. The lowest BCUT2D eigenvalue weighted by molar-refractivity contribution is 0.536. The highest BCUT2D eigenvalue weighted by atomic mass is 35.5. The predicted octanol–water partition coefficient (Wildman–Crippen LogP) is 2.74. The molecule has 4 aromatic rings.